The van der Waals surface area contributed by atoms with Gasteiger partial charge in [0, 0.05) is 30.6 Å². The minimum absolute atomic E-state index is 0.00665. The number of hydrogen-bond acceptors (Lipinski definition) is 3. The summed E-state index contributed by atoms with van der Waals surface area (Å²) in [7, 11) is 0. The number of aromatic nitrogens is 1. The Morgan fingerprint density at radius 3 is 2.84 bits per heavy atom. The van der Waals surface area contributed by atoms with Gasteiger partial charge in [-0.25, -0.2) is 0 Å². The Bertz CT molecular complexity index is 611. The molecule has 2 N–H and O–H groups in total. The SMILES string of the molecule is O=C(NCc1cc[nH]c1)c1ccc(Cl)c([N+](=O)[O-])c1. The molecule has 0 aliphatic carbocycles. The van der Waals surface area contributed by atoms with Crippen molar-refractivity contribution in [3.63, 3.8) is 0 Å². The van der Waals surface area contributed by atoms with Gasteiger partial charge in [-0.05, 0) is 23.8 Å². The molecule has 98 valence electrons. The van der Waals surface area contributed by atoms with Crippen molar-refractivity contribution in [3.8, 4) is 0 Å². The van der Waals surface area contributed by atoms with Crippen LogP contribution in [0.25, 0.3) is 0 Å². The lowest BCUT2D eigenvalue weighted by Crippen LogP contribution is -2.22. The molecule has 6 nitrogen and oxygen atoms in total. The molecule has 0 aliphatic heterocycles. The normalized spacial score (nSPS) is 10.2. The van der Waals surface area contributed by atoms with Gasteiger partial charge in [-0.1, -0.05) is 11.6 Å². The highest BCUT2D eigenvalue weighted by Gasteiger charge is 2.16. The molecule has 1 aromatic heterocycles. The number of hydrogen-bond donors (Lipinski definition) is 2. The molecule has 0 atom stereocenters. The molecule has 0 saturated carbocycles. The first kappa shape index (κ1) is 13.1. The third-order valence-electron chi connectivity index (χ3n) is 2.52. The van der Waals surface area contributed by atoms with Crippen LogP contribution in [0.3, 0.4) is 0 Å². The van der Waals surface area contributed by atoms with Crippen molar-refractivity contribution < 1.29 is 9.72 Å². The lowest BCUT2D eigenvalue weighted by Gasteiger charge is -2.04. The number of carbonyl (C=O) groups excluding carboxylic acids is 1. The summed E-state index contributed by atoms with van der Waals surface area (Å²) in [6, 6.07) is 5.77. The molecular formula is C12H10ClN3O3. The Kier molecular flexibility index (Phi) is 3.82. The van der Waals surface area contributed by atoms with E-state index in [1.165, 1.54) is 12.1 Å². The van der Waals surface area contributed by atoms with Crippen LogP contribution in [0.2, 0.25) is 5.02 Å². The highest BCUT2D eigenvalue weighted by atomic mass is 35.5. The predicted octanol–water partition coefficient (Wildman–Crippen LogP) is 2.51. The first-order valence-electron chi connectivity index (χ1n) is 5.42. The molecule has 7 heteroatoms. The van der Waals surface area contributed by atoms with E-state index in [0.29, 0.717) is 6.54 Å². The van der Waals surface area contributed by atoms with E-state index in [4.69, 9.17) is 11.6 Å². The quantitative estimate of drug-likeness (QED) is 0.666. The van der Waals surface area contributed by atoms with Gasteiger partial charge in [-0.2, -0.15) is 0 Å². The Morgan fingerprint density at radius 1 is 1.42 bits per heavy atom. The number of rotatable bonds is 4. The monoisotopic (exact) mass is 279 g/mol. The van der Waals surface area contributed by atoms with E-state index in [9.17, 15) is 14.9 Å². The van der Waals surface area contributed by atoms with Crippen LogP contribution in [0.1, 0.15) is 15.9 Å². The fourth-order valence-corrected chi connectivity index (χ4v) is 1.73. The average molecular weight is 280 g/mol. The minimum Gasteiger partial charge on any atom is -0.367 e. The van der Waals surface area contributed by atoms with Crippen LogP contribution in [0, 0.1) is 10.1 Å². The molecule has 19 heavy (non-hydrogen) atoms. The molecule has 0 radical (unpaired) electrons. The van der Waals surface area contributed by atoms with Crippen molar-refractivity contribution in [1.82, 2.24) is 10.3 Å². The topological polar surface area (TPSA) is 88.0 Å². The second-order valence-corrected chi connectivity index (χ2v) is 4.23. The van der Waals surface area contributed by atoms with Crippen LogP contribution >= 0.6 is 11.6 Å². The van der Waals surface area contributed by atoms with Crippen LogP contribution in [-0.4, -0.2) is 15.8 Å². The van der Waals surface area contributed by atoms with E-state index < -0.39 is 4.92 Å². The Balaban J connectivity index is 2.11. The summed E-state index contributed by atoms with van der Waals surface area (Å²) in [5.41, 5.74) is 0.833. The van der Waals surface area contributed by atoms with Crippen LogP contribution in [0.5, 0.6) is 0 Å². The van der Waals surface area contributed by atoms with Gasteiger partial charge >= 0.3 is 0 Å². The molecule has 2 aromatic rings. The third kappa shape index (κ3) is 3.11. The zero-order chi connectivity index (χ0) is 13.8. The first-order valence-corrected chi connectivity index (χ1v) is 5.79. The van der Waals surface area contributed by atoms with E-state index in [2.05, 4.69) is 10.3 Å². The number of halogens is 1. The van der Waals surface area contributed by atoms with Crippen molar-refractivity contribution in [2.24, 2.45) is 0 Å². The highest BCUT2D eigenvalue weighted by molar-refractivity contribution is 6.32. The number of aromatic amines is 1. The maximum absolute atomic E-state index is 11.8. The summed E-state index contributed by atoms with van der Waals surface area (Å²) >= 11 is 5.68. The number of amides is 1. The fourth-order valence-electron chi connectivity index (χ4n) is 1.55. The maximum Gasteiger partial charge on any atom is 0.288 e. The minimum atomic E-state index is -0.620. The standard InChI is InChI=1S/C12H10ClN3O3/c13-10-2-1-9(5-11(10)16(18)19)12(17)15-7-8-3-4-14-6-8/h1-6,14H,7H2,(H,15,17). The van der Waals surface area contributed by atoms with Crippen LogP contribution in [-0.2, 0) is 6.54 Å². The summed E-state index contributed by atoms with van der Waals surface area (Å²) < 4.78 is 0. The van der Waals surface area contributed by atoms with Gasteiger partial charge in [0.1, 0.15) is 5.02 Å². The molecule has 1 heterocycles. The number of nitro benzene ring substituents is 1. The van der Waals surface area contributed by atoms with E-state index in [1.807, 2.05) is 6.07 Å². The third-order valence-corrected chi connectivity index (χ3v) is 2.84. The van der Waals surface area contributed by atoms with Gasteiger partial charge in [0.15, 0.2) is 0 Å². The number of benzene rings is 1. The van der Waals surface area contributed by atoms with Gasteiger partial charge in [0.05, 0.1) is 4.92 Å². The number of nitrogens with one attached hydrogen (secondary N) is 2. The van der Waals surface area contributed by atoms with Gasteiger partial charge in [-0.3, -0.25) is 14.9 Å². The number of H-pyrrole nitrogens is 1. The zero-order valence-corrected chi connectivity index (χ0v) is 10.5. The van der Waals surface area contributed by atoms with Crippen LogP contribution in [0.4, 0.5) is 5.69 Å². The molecule has 0 fully saturated rings. The highest BCUT2D eigenvalue weighted by Crippen LogP contribution is 2.24. The summed E-state index contributed by atoms with van der Waals surface area (Å²) in [6.45, 7) is 0.346. The van der Waals surface area contributed by atoms with Crippen LogP contribution in [0.15, 0.2) is 36.7 Å². The molecule has 0 spiro atoms. The van der Waals surface area contributed by atoms with Crippen molar-refractivity contribution in [1.29, 1.82) is 0 Å². The van der Waals surface area contributed by atoms with Gasteiger partial charge in [0.2, 0.25) is 0 Å². The molecule has 0 unspecified atom stereocenters. The molecule has 0 aliphatic rings. The van der Waals surface area contributed by atoms with Crippen molar-refractivity contribution in [2.45, 2.75) is 6.54 Å². The second kappa shape index (κ2) is 5.53. The second-order valence-electron chi connectivity index (χ2n) is 3.83. The molecule has 0 bridgehead atoms. The first-order chi connectivity index (χ1) is 9.08. The van der Waals surface area contributed by atoms with Gasteiger partial charge in [0.25, 0.3) is 11.6 Å². The largest absolute Gasteiger partial charge is 0.367 e. The molecule has 1 aromatic carbocycles. The fraction of sp³-hybridized carbons (Fsp3) is 0.0833. The summed E-state index contributed by atoms with van der Waals surface area (Å²) in [5, 5.41) is 13.4. The summed E-state index contributed by atoms with van der Waals surface area (Å²) in [6.07, 6.45) is 3.50. The number of nitro groups is 1. The number of carbonyl (C=O) groups is 1. The maximum atomic E-state index is 11.8. The number of nitrogens with zero attached hydrogens (tertiary/aromatic N) is 1. The van der Waals surface area contributed by atoms with Crippen molar-refractivity contribution in [3.05, 3.63) is 62.9 Å². The molecule has 0 saturated heterocycles. The van der Waals surface area contributed by atoms with Gasteiger partial charge in [-0.15, -0.1) is 0 Å². The van der Waals surface area contributed by atoms with Crippen LogP contribution < -0.4 is 5.32 Å². The van der Waals surface area contributed by atoms with Crippen molar-refractivity contribution in [2.75, 3.05) is 0 Å². The lowest BCUT2D eigenvalue weighted by atomic mass is 10.2. The van der Waals surface area contributed by atoms with Crippen molar-refractivity contribution >= 4 is 23.2 Å². The van der Waals surface area contributed by atoms with E-state index in [0.717, 1.165) is 11.6 Å². The van der Waals surface area contributed by atoms with E-state index >= 15 is 0 Å². The average Bonchev–Trinajstić information content (AvgIpc) is 2.89. The van der Waals surface area contributed by atoms with Gasteiger partial charge < -0.3 is 10.3 Å². The van der Waals surface area contributed by atoms with E-state index in [1.54, 1.807) is 12.4 Å². The summed E-state index contributed by atoms with van der Waals surface area (Å²) in [4.78, 5) is 24.8. The van der Waals surface area contributed by atoms with E-state index in [-0.39, 0.29) is 22.2 Å². The molecule has 2 rings (SSSR count). The Hall–Kier alpha value is -2.34. The zero-order valence-electron chi connectivity index (χ0n) is 9.72. The molecular weight excluding hydrogens is 270 g/mol. The lowest BCUT2D eigenvalue weighted by molar-refractivity contribution is -0.384. The Labute approximate surface area is 113 Å². The Morgan fingerprint density at radius 2 is 2.21 bits per heavy atom. The smallest absolute Gasteiger partial charge is 0.288 e. The predicted molar refractivity (Wildman–Crippen MR) is 70.1 cm³/mol. The molecule has 1 amide bonds. The summed E-state index contributed by atoms with van der Waals surface area (Å²) in [5.74, 6) is -0.388.